The SMILES string of the molecule is CC1(C)O[C@H]2[C@H]3C[C@@](O)(C[C@H]2O1)C(=O)O3.CC1(C)O[C@H]2[C@H]3C[C@@](OC(=O)CBr)(C[C@H]2O1)C(=O)O3. The van der Waals surface area contributed by atoms with Crippen LogP contribution in [0, 0.1) is 0 Å². The molecule has 4 aliphatic heterocycles. The number of carbonyl (C=O) groups excluding carboxylic acids is 3. The maximum atomic E-state index is 12.0. The van der Waals surface area contributed by atoms with Gasteiger partial charge in [-0.25, -0.2) is 9.59 Å². The Balaban J connectivity index is 0.000000145. The van der Waals surface area contributed by atoms with Crippen LogP contribution in [-0.2, 0) is 47.5 Å². The summed E-state index contributed by atoms with van der Waals surface area (Å²) in [6.07, 6.45) is -0.579. The molecule has 6 rings (SSSR count). The molecule has 8 atom stereocenters. The van der Waals surface area contributed by atoms with Gasteiger partial charge in [0, 0.05) is 25.7 Å². The summed E-state index contributed by atoms with van der Waals surface area (Å²) in [4.78, 5) is 34.9. The number of aliphatic hydroxyl groups is 1. The standard InChI is InChI=1S/C12H15BrO6.C10H14O5/c1-11(2)17-7-4-12(18-8(14)5-13)3-6(9(7)19-11)16-10(12)15;1-9(2)14-6-4-10(12)3-5(7(6)15-9)13-8(10)11/h6-7,9H,3-5H2,1-2H3;5-7,12H,3-4H2,1-2H3/t6-,7-,9+,12-;5-,6-,7+,10-/m11/s1. The molecule has 4 bridgehead atoms. The number of fused-ring (bicyclic) bond motifs is 8. The minimum Gasteiger partial charge on any atom is -0.457 e. The summed E-state index contributed by atoms with van der Waals surface area (Å²) in [7, 11) is 0. The second-order valence-corrected chi connectivity index (χ2v) is 11.2. The first-order valence-electron chi connectivity index (χ1n) is 11.4. The summed E-state index contributed by atoms with van der Waals surface area (Å²) in [5, 5.41) is 10.0. The maximum Gasteiger partial charge on any atom is 0.351 e. The molecule has 0 aromatic rings. The Bertz CT molecular complexity index is 905. The first-order chi connectivity index (χ1) is 15.7. The Hall–Kier alpha value is -1.31. The molecular formula is C22H29BrO11. The quantitative estimate of drug-likeness (QED) is 0.299. The molecule has 0 unspecified atom stereocenters. The molecule has 12 heteroatoms. The first kappa shape index (κ1) is 24.4. The molecule has 2 saturated carbocycles. The van der Waals surface area contributed by atoms with Crippen LogP contribution in [0.25, 0.3) is 0 Å². The van der Waals surface area contributed by atoms with Gasteiger partial charge in [0.05, 0.1) is 12.2 Å². The van der Waals surface area contributed by atoms with E-state index in [4.69, 9.17) is 33.2 Å². The predicted octanol–water partition coefficient (Wildman–Crippen LogP) is 0.859. The van der Waals surface area contributed by atoms with E-state index in [-0.39, 0.29) is 48.7 Å². The number of rotatable bonds is 2. The lowest BCUT2D eigenvalue weighted by Crippen LogP contribution is -2.49. The summed E-state index contributed by atoms with van der Waals surface area (Å²) in [5.41, 5.74) is -2.56. The lowest BCUT2D eigenvalue weighted by molar-refractivity contribution is -0.180. The van der Waals surface area contributed by atoms with E-state index < -0.39 is 46.8 Å². The van der Waals surface area contributed by atoms with Crippen molar-refractivity contribution in [3.63, 3.8) is 0 Å². The molecule has 6 fully saturated rings. The fourth-order valence-electron chi connectivity index (χ4n) is 5.80. The van der Waals surface area contributed by atoms with Gasteiger partial charge in [-0.15, -0.1) is 0 Å². The fourth-order valence-corrected chi connectivity index (χ4v) is 5.91. The third-order valence-electron chi connectivity index (χ3n) is 7.00. The minimum absolute atomic E-state index is 0.0453. The number of hydrogen-bond acceptors (Lipinski definition) is 11. The van der Waals surface area contributed by atoms with Crippen molar-refractivity contribution in [3.05, 3.63) is 0 Å². The minimum atomic E-state index is -1.35. The van der Waals surface area contributed by atoms with Gasteiger partial charge >= 0.3 is 17.9 Å². The smallest absolute Gasteiger partial charge is 0.351 e. The van der Waals surface area contributed by atoms with E-state index in [0.717, 1.165) is 0 Å². The van der Waals surface area contributed by atoms with E-state index >= 15 is 0 Å². The van der Waals surface area contributed by atoms with Crippen molar-refractivity contribution in [1.29, 1.82) is 0 Å². The number of esters is 3. The van der Waals surface area contributed by atoms with Crippen LogP contribution in [0.3, 0.4) is 0 Å². The fraction of sp³-hybridized carbons (Fsp3) is 0.864. The van der Waals surface area contributed by atoms with Crippen molar-refractivity contribution in [1.82, 2.24) is 0 Å². The van der Waals surface area contributed by atoms with Crippen molar-refractivity contribution in [2.45, 2.75) is 113 Å². The lowest BCUT2D eigenvalue weighted by atomic mass is 9.82. The van der Waals surface area contributed by atoms with Gasteiger partial charge in [-0.1, -0.05) is 15.9 Å². The number of carbonyl (C=O) groups is 3. The zero-order valence-corrected chi connectivity index (χ0v) is 21.0. The average Bonchev–Trinajstić information content (AvgIpc) is 3.36. The molecule has 2 aliphatic carbocycles. The lowest BCUT2D eigenvalue weighted by Gasteiger charge is -2.32. The Morgan fingerprint density at radius 2 is 1.32 bits per heavy atom. The topological polar surface area (TPSA) is 136 Å². The molecule has 4 saturated heterocycles. The number of alkyl halides is 1. The summed E-state index contributed by atoms with van der Waals surface area (Å²) < 4.78 is 38.5. The van der Waals surface area contributed by atoms with Crippen molar-refractivity contribution in [2.75, 3.05) is 5.33 Å². The van der Waals surface area contributed by atoms with E-state index in [2.05, 4.69) is 15.9 Å². The predicted molar refractivity (Wildman–Crippen MR) is 113 cm³/mol. The Kier molecular flexibility index (Phi) is 5.63. The molecule has 0 aromatic carbocycles. The highest BCUT2D eigenvalue weighted by Crippen LogP contribution is 2.48. The Morgan fingerprint density at radius 3 is 1.91 bits per heavy atom. The van der Waals surface area contributed by atoms with Gasteiger partial charge in [-0.3, -0.25) is 4.79 Å². The number of hydrogen-bond donors (Lipinski definition) is 1. The second-order valence-electron chi connectivity index (χ2n) is 10.6. The molecule has 0 amide bonds. The van der Waals surface area contributed by atoms with Crippen molar-refractivity contribution in [3.8, 4) is 0 Å². The third-order valence-corrected chi connectivity index (χ3v) is 7.46. The Labute approximate surface area is 204 Å². The molecule has 0 radical (unpaired) electrons. The highest BCUT2D eigenvalue weighted by molar-refractivity contribution is 9.09. The number of ether oxygens (including phenoxy) is 7. The van der Waals surface area contributed by atoms with Gasteiger partial charge < -0.3 is 38.3 Å². The van der Waals surface area contributed by atoms with Gasteiger partial charge in [-0.2, -0.15) is 0 Å². The van der Waals surface area contributed by atoms with Crippen LogP contribution in [0.5, 0.6) is 0 Å². The van der Waals surface area contributed by atoms with Crippen molar-refractivity contribution >= 4 is 33.8 Å². The highest BCUT2D eigenvalue weighted by Gasteiger charge is 2.65. The van der Waals surface area contributed by atoms with Crippen LogP contribution < -0.4 is 0 Å². The molecule has 11 nitrogen and oxygen atoms in total. The van der Waals surface area contributed by atoms with E-state index in [1.54, 1.807) is 0 Å². The van der Waals surface area contributed by atoms with Gasteiger partial charge in [0.2, 0.25) is 5.60 Å². The molecule has 1 N–H and O–H groups in total. The van der Waals surface area contributed by atoms with Gasteiger partial charge in [0.15, 0.2) is 17.2 Å². The second kappa shape index (κ2) is 7.84. The number of halogens is 1. The normalized spacial score (nSPS) is 46.5. The van der Waals surface area contributed by atoms with Crippen LogP contribution in [0.4, 0.5) is 0 Å². The van der Waals surface area contributed by atoms with E-state index in [0.29, 0.717) is 12.8 Å². The van der Waals surface area contributed by atoms with Crippen LogP contribution in [-0.4, -0.2) is 87.7 Å². The molecular weight excluding hydrogens is 520 g/mol. The largest absolute Gasteiger partial charge is 0.457 e. The summed E-state index contributed by atoms with van der Waals surface area (Å²) in [6.45, 7) is 7.28. The molecule has 34 heavy (non-hydrogen) atoms. The zero-order valence-electron chi connectivity index (χ0n) is 19.4. The molecule has 4 heterocycles. The maximum absolute atomic E-state index is 12.0. The first-order valence-corrected chi connectivity index (χ1v) is 12.5. The Morgan fingerprint density at radius 1 is 0.853 bits per heavy atom. The van der Waals surface area contributed by atoms with E-state index in [1.165, 1.54) is 0 Å². The van der Waals surface area contributed by atoms with Crippen LogP contribution in [0.15, 0.2) is 0 Å². The van der Waals surface area contributed by atoms with Gasteiger partial charge in [0.1, 0.15) is 29.7 Å². The van der Waals surface area contributed by atoms with E-state index in [9.17, 15) is 19.5 Å². The van der Waals surface area contributed by atoms with Crippen LogP contribution in [0.2, 0.25) is 0 Å². The van der Waals surface area contributed by atoms with E-state index in [1.807, 2.05) is 27.7 Å². The average molecular weight is 549 g/mol. The third kappa shape index (κ3) is 4.05. The van der Waals surface area contributed by atoms with Crippen LogP contribution in [0.1, 0.15) is 53.4 Å². The van der Waals surface area contributed by atoms with Crippen LogP contribution >= 0.6 is 15.9 Å². The summed E-state index contributed by atoms with van der Waals surface area (Å²) in [5.74, 6) is -2.86. The molecule has 0 aromatic heterocycles. The monoisotopic (exact) mass is 548 g/mol. The highest BCUT2D eigenvalue weighted by atomic mass is 79.9. The summed E-state index contributed by atoms with van der Waals surface area (Å²) >= 11 is 3.02. The summed E-state index contributed by atoms with van der Waals surface area (Å²) in [6, 6.07) is 0. The van der Waals surface area contributed by atoms with Crippen molar-refractivity contribution < 1.29 is 52.6 Å². The van der Waals surface area contributed by atoms with Gasteiger partial charge in [0.25, 0.3) is 0 Å². The van der Waals surface area contributed by atoms with Gasteiger partial charge in [-0.05, 0) is 27.7 Å². The zero-order chi connectivity index (χ0) is 24.7. The molecule has 190 valence electrons. The molecule has 0 spiro atoms. The van der Waals surface area contributed by atoms with Crippen molar-refractivity contribution in [2.24, 2.45) is 0 Å². The molecule has 6 aliphatic rings.